The summed E-state index contributed by atoms with van der Waals surface area (Å²) in [5, 5.41) is 0. The zero-order valence-corrected chi connectivity index (χ0v) is 19.6. The third-order valence-corrected chi connectivity index (χ3v) is 5.69. The number of amides is 2. The van der Waals surface area contributed by atoms with E-state index in [2.05, 4.69) is 15.9 Å². The maximum absolute atomic E-state index is 13.1. The molecule has 1 fully saturated rings. The van der Waals surface area contributed by atoms with Crippen LogP contribution in [0.25, 0.3) is 0 Å². The fraction of sp³-hybridized carbons (Fsp3) is 0.391. The first kappa shape index (κ1) is 22.9. The maximum Gasteiger partial charge on any atom is 0.254 e. The van der Waals surface area contributed by atoms with Crippen molar-refractivity contribution in [2.75, 3.05) is 47.0 Å². The summed E-state index contributed by atoms with van der Waals surface area (Å²) in [6.07, 6.45) is 0.870. The van der Waals surface area contributed by atoms with Crippen molar-refractivity contribution in [2.24, 2.45) is 0 Å². The molecular weight excluding hydrogens is 464 g/mol. The van der Waals surface area contributed by atoms with Crippen molar-refractivity contribution in [3.05, 3.63) is 52.0 Å². The van der Waals surface area contributed by atoms with Crippen molar-refractivity contribution in [2.45, 2.75) is 13.3 Å². The van der Waals surface area contributed by atoms with Crippen LogP contribution in [0.15, 0.2) is 40.9 Å². The topological polar surface area (TPSA) is 68.3 Å². The third-order valence-electron chi connectivity index (χ3n) is 5.10. The van der Waals surface area contributed by atoms with Crippen LogP contribution in [0.4, 0.5) is 0 Å². The molecule has 2 aromatic rings. The first-order chi connectivity index (χ1) is 15.0. The van der Waals surface area contributed by atoms with E-state index in [0.29, 0.717) is 65.6 Å². The zero-order valence-electron chi connectivity index (χ0n) is 18.0. The average molecular weight is 491 g/mol. The molecule has 31 heavy (non-hydrogen) atoms. The number of halogens is 1. The number of hydrogen-bond donors (Lipinski definition) is 0. The Labute approximate surface area is 191 Å². The first-order valence-corrected chi connectivity index (χ1v) is 11.0. The molecule has 0 N–H and O–H groups in total. The lowest BCUT2D eigenvalue weighted by Gasteiger charge is -2.35. The summed E-state index contributed by atoms with van der Waals surface area (Å²) in [7, 11) is 3.13. The highest BCUT2D eigenvalue weighted by molar-refractivity contribution is 9.10. The molecule has 1 aliphatic rings. The summed E-state index contributed by atoms with van der Waals surface area (Å²) >= 11 is 3.49. The standard InChI is InChI=1S/C23H27BrN2O5/c1-4-12-31-21-19(24)14-17(15-20(21)30-3)23(28)26-10-8-25(9-11-26)22(27)16-6-5-7-18(13-16)29-2/h5-7,13-15H,4,8-12H2,1-3H3. The van der Waals surface area contributed by atoms with Gasteiger partial charge in [-0.3, -0.25) is 9.59 Å². The number of methoxy groups -OCH3 is 2. The number of nitrogens with zero attached hydrogens (tertiary/aromatic N) is 2. The van der Waals surface area contributed by atoms with Gasteiger partial charge in [0.05, 0.1) is 25.3 Å². The van der Waals surface area contributed by atoms with E-state index in [9.17, 15) is 9.59 Å². The van der Waals surface area contributed by atoms with Crippen LogP contribution in [0, 0.1) is 0 Å². The maximum atomic E-state index is 13.1. The second-order valence-electron chi connectivity index (χ2n) is 7.15. The van der Waals surface area contributed by atoms with Crippen LogP contribution in [0.2, 0.25) is 0 Å². The van der Waals surface area contributed by atoms with E-state index in [1.54, 1.807) is 60.4 Å². The lowest BCUT2D eigenvalue weighted by molar-refractivity contribution is 0.0535. The van der Waals surface area contributed by atoms with Gasteiger partial charge in [-0.2, -0.15) is 0 Å². The summed E-state index contributed by atoms with van der Waals surface area (Å²) in [4.78, 5) is 29.4. The number of carbonyl (C=O) groups excluding carboxylic acids is 2. The molecule has 1 heterocycles. The number of carbonyl (C=O) groups is 2. The van der Waals surface area contributed by atoms with Gasteiger partial charge in [0.15, 0.2) is 11.5 Å². The Hall–Kier alpha value is -2.74. The van der Waals surface area contributed by atoms with Gasteiger partial charge < -0.3 is 24.0 Å². The third kappa shape index (κ3) is 5.31. The van der Waals surface area contributed by atoms with Crippen LogP contribution in [-0.2, 0) is 0 Å². The number of benzene rings is 2. The molecular formula is C23H27BrN2O5. The van der Waals surface area contributed by atoms with Gasteiger partial charge in [0, 0.05) is 37.3 Å². The monoisotopic (exact) mass is 490 g/mol. The Morgan fingerprint density at radius 2 is 1.58 bits per heavy atom. The van der Waals surface area contributed by atoms with Crippen LogP contribution in [0.3, 0.4) is 0 Å². The fourth-order valence-corrected chi connectivity index (χ4v) is 3.98. The number of piperazine rings is 1. The average Bonchev–Trinajstić information content (AvgIpc) is 2.82. The minimum atomic E-state index is -0.102. The van der Waals surface area contributed by atoms with E-state index in [1.807, 2.05) is 6.92 Å². The van der Waals surface area contributed by atoms with Crippen molar-refractivity contribution in [1.82, 2.24) is 9.80 Å². The predicted molar refractivity (Wildman–Crippen MR) is 121 cm³/mol. The van der Waals surface area contributed by atoms with Gasteiger partial charge in [0.1, 0.15) is 5.75 Å². The van der Waals surface area contributed by atoms with Crippen LogP contribution < -0.4 is 14.2 Å². The van der Waals surface area contributed by atoms with Gasteiger partial charge in [-0.15, -0.1) is 0 Å². The molecule has 1 saturated heterocycles. The summed E-state index contributed by atoms with van der Waals surface area (Å²) in [6, 6.07) is 10.6. The quantitative estimate of drug-likeness (QED) is 0.589. The van der Waals surface area contributed by atoms with Crippen LogP contribution in [-0.4, -0.2) is 68.6 Å². The lowest BCUT2D eigenvalue weighted by Crippen LogP contribution is -2.50. The zero-order chi connectivity index (χ0) is 22.4. The highest BCUT2D eigenvalue weighted by Gasteiger charge is 2.27. The Kier molecular flexibility index (Phi) is 7.79. The molecule has 2 aromatic carbocycles. The minimum absolute atomic E-state index is 0.0622. The Morgan fingerprint density at radius 3 is 2.16 bits per heavy atom. The molecule has 8 heteroatoms. The van der Waals surface area contributed by atoms with Gasteiger partial charge in [0.25, 0.3) is 11.8 Å². The minimum Gasteiger partial charge on any atom is -0.497 e. The molecule has 0 aliphatic carbocycles. The summed E-state index contributed by atoms with van der Waals surface area (Å²) in [6.45, 7) is 4.45. The van der Waals surface area contributed by atoms with E-state index in [1.165, 1.54) is 0 Å². The van der Waals surface area contributed by atoms with E-state index in [4.69, 9.17) is 14.2 Å². The molecule has 0 aromatic heterocycles. The highest BCUT2D eigenvalue weighted by atomic mass is 79.9. The normalized spacial score (nSPS) is 13.7. The predicted octanol–water partition coefficient (Wildman–Crippen LogP) is 3.85. The van der Waals surface area contributed by atoms with Gasteiger partial charge in [-0.1, -0.05) is 13.0 Å². The first-order valence-electron chi connectivity index (χ1n) is 10.2. The fourth-order valence-electron chi connectivity index (χ4n) is 3.42. The van der Waals surface area contributed by atoms with Crippen LogP contribution in [0.1, 0.15) is 34.1 Å². The molecule has 7 nitrogen and oxygen atoms in total. The number of ether oxygens (including phenoxy) is 3. The van der Waals surface area contributed by atoms with Gasteiger partial charge in [-0.25, -0.2) is 0 Å². The molecule has 3 rings (SSSR count). The second kappa shape index (κ2) is 10.5. The molecule has 0 radical (unpaired) electrons. The summed E-state index contributed by atoms with van der Waals surface area (Å²) < 4.78 is 17.0. The van der Waals surface area contributed by atoms with E-state index < -0.39 is 0 Å². The molecule has 0 bridgehead atoms. The molecule has 0 unspecified atom stereocenters. The lowest BCUT2D eigenvalue weighted by atomic mass is 10.1. The molecule has 0 saturated carbocycles. The van der Waals surface area contributed by atoms with E-state index >= 15 is 0 Å². The molecule has 1 aliphatic heterocycles. The van der Waals surface area contributed by atoms with Crippen molar-refractivity contribution in [3.8, 4) is 17.2 Å². The Morgan fingerprint density at radius 1 is 0.935 bits per heavy atom. The smallest absolute Gasteiger partial charge is 0.254 e. The van der Waals surface area contributed by atoms with E-state index in [-0.39, 0.29) is 11.8 Å². The van der Waals surface area contributed by atoms with Crippen LogP contribution >= 0.6 is 15.9 Å². The second-order valence-corrected chi connectivity index (χ2v) is 8.01. The molecule has 0 atom stereocenters. The van der Waals surface area contributed by atoms with Gasteiger partial charge in [0.2, 0.25) is 0 Å². The number of rotatable bonds is 7. The largest absolute Gasteiger partial charge is 0.497 e. The molecule has 166 valence electrons. The van der Waals surface area contributed by atoms with Crippen molar-refractivity contribution in [3.63, 3.8) is 0 Å². The van der Waals surface area contributed by atoms with Gasteiger partial charge in [-0.05, 0) is 52.7 Å². The highest BCUT2D eigenvalue weighted by Crippen LogP contribution is 2.37. The van der Waals surface area contributed by atoms with Crippen molar-refractivity contribution < 1.29 is 23.8 Å². The molecule has 0 spiro atoms. The SMILES string of the molecule is CCCOc1c(Br)cc(C(=O)N2CCN(C(=O)c3cccc(OC)c3)CC2)cc1OC. The van der Waals surface area contributed by atoms with Gasteiger partial charge >= 0.3 is 0 Å². The summed E-state index contributed by atoms with van der Waals surface area (Å²) in [5.41, 5.74) is 1.09. The summed E-state index contributed by atoms with van der Waals surface area (Å²) in [5.74, 6) is 1.58. The van der Waals surface area contributed by atoms with Crippen LogP contribution in [0.5, 0.6) is 17.2 Å². The van der Waals surface area contributed by atoms with E-state index in [0.717, 1.165) is 6.42 Å². The van der Waals surface area contributed by atoms with Crippen molar-refractivity contribution in [1.29, 1.82) is 0 Å². The molecule has 2 amide bonds. The van der Waals surface area contributed by atoms with Crippen molar-refractivity contribution >= 4 is 27.7 Å². The Bertz CT molecular complexity index is 942. The number of hydrogen-bond acceptors (Lipinski definition) is 5. The Balaban J connectivity index is 1.67.